The van der Waals surface area contributed by atoms with Gasteiger partial charge in [0.15, 0.2) is 0 Å². The number of hydrogen-bond acceptors (Lipinski definition) is 4. The zero-order chi connectivity index (χ0) is 13.2. The van der Waals surface area contributed by atoms with Gasteiger partial charge >= 0.3 is 0 Å². The maximum absolute atomic E-state index is 13.0. The van der Waals surface area contributed by atoms with Crippen LogP contribution in [0.15, 0.2) is 42.9 Å². The second-order valence-corrected chi connectivity index (χ2v) is 3.96. The van der Waals surface area contributed by atoms with Crippen LogP contribution in [0, 0.1) is 5.82 Å². The normalized spacial score (nSPS) is 10.6. The lowest BCUT2D eigenvalue weighted by Crippen LogP contribution is -1.91. The Morgan fingerprint density at radius 2 is 1.89 bits per heavy atom. The van der Waals surface area contributed by atoms with Crippen LogP contribution in [-0.4, -0.2) is 20.2 Å². The summed E-state index contributed by atoms with van der Waals surface area (Å²) in [6.07, 6.45) is 3.07. The lowest BCUT2D eigenvalue weighted by molar-refractivity contribution is 0.628. The van der Waals surface area contributed by atoms with Gasteiger partial charge in [-0.25, -0.2) is 14.4 Å². The molecule has 0 aliphatic heterocycles. The van der Waals surface area contributed by atoms with Crippen molar-refractivity contribution in [1.29, 1.82) is 0 Å². The Kier molecular flexibility index (Phi) is 2.68. The average molecular weight is 255 g/mol. The molecule has 0 radical (unpaired) electrons. The predicted molar refractivity (Wildman–Crippen MR) is 69.4 cm³/mol. The highest BCUT2D eigenvalue weighted by atomic mass is 19.1. The maximum Gasteiger partial charge on any atom is 0.129 e. The number of hydrogen-bond donors (Lipinski definition) is 2. The first-order chi connectivity index (χ1) is 9.25. The van der Waals surface area contributed by atoms with Gasteiger partial charge in [0, 0.05) is 11.8 Å². The van der Waals surface area contributed by atoms with Crippen molar-refractivity contribution in [2.45, 2.75) is 0 Å². The van der Waals surface area contributed by atoms with Gasteiger partial charge in [-0.3, -0.25) is 5.10 Å². The van der Waals surface area contributed by atoms with E-state index in [0.717, 1.165) is 5.56 Å². The summed E-state index contributed by atoms with van der Waals surface area (Å²) in [6, 6.07) is 7.80. The Hall–Kier alpha value is -2.76. The van der Waals surface area contributed by atoms with Crippen molar-refractivity contribution in [2.75, 3.05) is 5.73 Å². The largest absolute Gasteiger partial charge is 0.383 e. The van der Waals surface area contributed by atoms with E-state index in [2.05, 4.69) is 20.2 Å². The lowest BCUT2D eigenvalue weighted by Gasteiger charge is -2.02. The average Bonchev–Trinajstić information content (AvgIpc) is 2.82. The number of aromatic amines is 1. The van der Waals surface area contributed by atoms with Crippen LogP contribution >= 0.6 is 0 Å². The van der Waals surface area contributed by atoms with E-state index >= 15 is 0 Å². The summed E-state index contributed by atoms with van der Waals surface area (Å²) >= 11 is 0. The summed E-state index contributed by atoms with van der Waals surface area (Å²) in [4.78, 5) is 8.03. The molecule has 1 aromatic carbocycles. The number of nitrogens with one attached hydrogen (secondary N) is 1. The van der Waals surface area contributed by atoms with E-state index in [1.165, 1.54) is 18.5 Å². The van der Waals surface area contributed by atoms with E-state index in [4.69, 9.17) is 5.73 Å². The van der Waals surface area contributed by atoms with Crippen molar-refractivity contribution in [2.24, 2.45) is 0 Å². The van der Waals surface area contributed by atoms with Crippen molar-refractivity contribution in [3.63, 3.8) is 0 Å². The number of halogens is 1. The number of nitrogen functional groups attached to an aromatic ring is 1. The molecule has 0 saturated heterocycles. The molecule has 3 aromatic rings. The minimum Gasteiger partial charge on any atom is -0.383 e. The molecule has 2 aromatic heterocycles. The van der Waals surface area contributed by atoms with Gasteiger partial charge in [-0.2, -0.15) is 5.10 Å². The molecule has 0 aliphatic carbocycles. The van der Waals surface area contributed by atoms with Crippen LogP contribution < -0.4 is 5.73 Å². The molecule has 0 saturated carbocycles. The monoisotopic (exact) mass is 255 g/mol. The summed E-state index contributed by atoms with van der Waals surface area (Å²) < 4.78 is 13.0. The van der Waals surface area contributed by atoms with E-state index < -0.39 is 0 Å². The summed E-state index contributed by atoms with van der Waals surface area (Å²) in [5, 5.41) is 6.88. The highest BCUT2D eigenvalue weighted by Gasteiger charge is 2.15. The van der Waals surface area contributed by atoms with Crippen LogP contribution in [-0.2, 0) is 0 Å². The Balaban J connectivity index is 2.16. The smallest absolute Gasteiger partial charge is 0.129 e. The maximum atomic E-state index is 13.0. The van der Waals surface area contributed by atoms with Gasteiger partial charge in [-0.05, 0) is 30.3 Å². The summed E-state index contributed by atoms with van der Waals surface area (Å²) in [6.45, 7) is 0. The molecule has 94 valence electrons. The molecule has 0 spiro atoms. The van der Waals surface area contributed by atoms with Crippen LogP contribution in [0.1, 0.15) is 0 Å². The van der Waals surface area contributed by atoms with Crippen molar-refractivity contribution in [1.82, 2.24) is 20.2 Å². The van der Waals surface area contributed by atoms with Crippen molar-refractivity contribution < 1.29 is 4.39 Å². The minimum absolute atomic E-state index is 0.296. The Bertz CT molecular complexity index is 691. The van der Waals surface area contributed by atoms with Crippen LogP contribution in [0.2, 0.25) is 0 Å². The predicted octanol–water partition coefficient (Wildman–Crippen LogP) is 2.25. The molecule has 6 heteroatoms. The number of H-pyrrole nitrogens is 1. The first-order valence-electron chi connectivity index (χ1n) is 5.62. The van der Waals surface area contributed by atoms with Crippen molar-refractivity contribution >= 4 is 5.82 Å². The molecule has 0 bridgehead atoms. The fraction of sp³-hybridized carbons (Fsp3) is 0. The van der Waals surface area contributed by atoms with Crippen LogP contribution in [0.3, 0.4) is 0 Å². The number of aromatic nitrogens is 4. The Labute approximate surface area is 108 Å². The van der Waals surface area contributed by atoms with Gasteiger partial charge in [-0.1, -0.05) is 0 Å². The first-order valence-corrected chi connectivity index (χ1v) is 5.62. The summed E-state index contributed by atoms with van der Waals surface area (Å²) in [7, 11) is 0. The van der Waals surface area contributed by atoms with Crippen LogP contribution in [0.4, 0.5) is 10.2 Å². The SMILES string of the molecule is Nc1[nH]nc(-c2ccc(F)cc2)c1-c1ccncn1. The molecule has 3 rings (SSSR count). The molecule has 19 heavy (non-hydrogen) atoms. The summed E-state index contributed by atoms with van der Waals surface area (Å²) in [5.41, 5.74) is 8.65. The molecule has 0 atom stereocenters. The molecule has 3 N–H and O–H groups in total. The second-order valence-electron chi connectivity index (χ2n) is 3.96. The molecule has 2 heterocycles. The van der Waals surface area contributed by atoms with Crippen LogP contribution in [0.25, 0.3) is 22.5 Å². The van der Waals surface area contributed by atoms with Gasteiger partial charge in [-0.15, -0.1) is 0 Å². The van der Waals surface area contributed by atoms with E-state index in [-0.39, 0.29) is 5.82 Å². The van der Waals surface area contributed by atoms with Crippen molar-refractivity contribution in [3.8, 4) is 22.5 Å². The molecule has 5 nitrogen and oxygen atoms in total. The topological polar surface area (TPSA) is 80.5 Å². The van der Waals surface area contributed by atoms with Gasteiger partial charge in [0.1, 0.15) is 23.7 Å². The van der Waals surface area contributed by atoms with E-state index in [9.17, 15) is 4.39 Å². The molecular weight excluding hydrogens is 245 g/mol. The fourth-order valence-electron chi connectivity index (χ4n) is 1.87. The van der Waals surface area contributed by atoms with Crippen LogP contribution in [0.5, 0.6) is 0 Å². The van der Waals surface area contributed by atoms with Gasteiger partial charge in [0.2, 0.25) is 0 Å². The third-order valence-corrected chi connectivity index (χ3v) is 2.75. The van der Waals surface area contributed by atoms with Gasteiger partial charge in [0.25, 0.3) is 0 Å². The Morgan fingerprint density at radius 1 is 1.11 bits per heavy atom. The van der Waals surface area contributed by atoms with E-state index in [0.29, 0.717) is 22.8 Å². The number of anilines is 1. The number of nitrogens with zero attached hydrogens (tertiary/aromatic N) is 3. The number of rotatable bonds is 2. The quantitative estimate of drug-likeness (QED) is 0.736. The lowest BCUT2D eigenvalue weighted by atomic mass is 10.1. The molecule has 0 unspecified atom stereocenters. The Morgan fingerprint density at radius 3 is 2.58 bits per heavy atom. The first kappa shape index (κ1) is 11.3. The zero-order valence-electron chi connectivity index (χ0n) is 9.84. The molecular formula is C13H10FN5. The standard InChI is InChI=1S/C13H10FN5/c14-9-3-1-8(2-4-9)12-11(13(15)19-18-12)10-5-6-16-7-17-10/h1-7H,(H3,15,18,19). The number of nitrogens with two attached hydrogens (primary N) is 1. The molecule has 0 aliphatic rings. The van der Waals surface area contributed by atoms with E-state index in [1.807, 2.05) is 0 Å². The number of benzene rings is 1. The van der Waals surface area contributed by atoms with Crippen molar-refractivity contribution in [3.05, 3.63) is 48.7 Å². The van der Waals surface area contributed by atoms with Gasteiger partial charge in [0.05, 0.1) is 11.3 Å². The summed E-state index contributed by atoms with van der Waals surface area (Å²) in [5.74, 6) is 0.119. The highest BCUT2D eigenvalue weighted by Crippen LogP contribution is 2.33. The second kappa shape index (κ2) is 4.49. The fourth-order valence-corrected chi connectivity index (χ4v) is 1.87. The molecule has 0 amide bonds. The van der Waals surface area contributed by atoms with E-state index in [1.54, 1.807) is 24.4 Å². The third kappa shape index (κ3) is 2.03. The van der Waals surface area contributed by atoms with Gasteiger partial charge < -0.3 is 5.73 Å². The third-order valence-electron chi connectivity index (χ3n) is 2.75. The minimum atomic E-state index is -0.296. The zero-order valence-corrected chi connectivity index (χ0v) is 9.84. The highest BCUT2D eigenvalue weighted by molar-refractivity contribution is 5.85. The molecule has 0 fully saturated rings.